The number of rotatable bonds is 3. The van der Waals surface area contributed by atoms with E-state index in [2.05, 4.69) is 10.3 Å². The number of aliphatic carboxylic acids is 1. The third kappa shape index (κ3) is 2.41. The Bertz CT molecular complexity index is 863. The number of nitrogens with one attached hydrogen (secondary N) is 1. The van der Waals surface area contributed by atoms with Gasteiger partial charge in [-0.15, -0.1) is 11.3 Å². The average Bonchev–Trinajstić information content (AvgIpc) is 3.06. The van der Waals surface area contributed by atoms with Crippen LogP contribution in [0.2, 0.25) is 0 Å². The number of hydrogen-bond donors (Lipinski definition) is 2. The van der Waals surface area contributed by atoms with Crippen LogP contribution in [0.3, 0.4) is 0 Å². The Labute approximate surface area is 134 Å². The van der Waals surface area contributed by atoms with E-state index in [0.717, 1.165) is 4.88 Å². The molecule has 0 aliphatic carbocycles. The Hall–Kier alpha value is -2.26. The van der Waals surface area contributed by atoms with Crippen molar-refractivity contribution in [3.05, 3.63) is 32.7 Å². The highest BCUT2D eigenvalue weighted by Crippen LogP contribution is 2.20. The van der Waals surface area contributed by atoms with Gasteiger partial charge in [0, 0.05) is 29.8 Å². The second kappa shape index (κ2) is 5.43. The van der Waals surface area contributed by atoms with E-state index in [9.17, 15) is 19.5 Å². The minimum Gasteiger partial charge on any atom is -0.479 e. The molecule has 1 aliphatic heterocycles. The second-order valence-corrected chi connectivity index (χ2v) is 6.66. The van der Waals surface area contributed by atoms with Crippen molar-refractivity contribution in [3.8, 4) is 0 Å². The summed E-state index contributed by atoms with van der Waals surface area (Å²) < 4.78 is 6.46. The van der Waals surface area contributed by atoms with Gasteiger partial charge in [-0.25, -0.2) is 9.78 Å². The second-order valence-electron chi connectivity index (χ2n) is 5.48. The van der Waals surface area contributed by atoms with Crippen molar-refractivity contribution < 1.29 is 19.4 Å². The van der Waals surface area contributed by atoms with Gasteiger partial charge in [0.2, 0.25) is 0 Å². The lowest BCUT2D eigenvalue weighted by atomic mass is 9.98. The predicted molar refractivity (Wildman–Crippen MR) is 82.1 cm³/mol. The molecule has 0 radical (unpaired) electrons. The maximum Gasteiger partial charge on any atom is 0.331 e. The molecule has 2 N–H and O–H groups in total. The van der Waals surface area contributed by atoms with E-state index in [1.54, 1.807) is 6.92 Å². The first kappa shape index (κ1) is 15.6. The van der Waals surface area contributed by atoms with E-state index in [-0.39, 0.29) is 25.2 Å². The summed E-state index contributed by atoms with van der Waals surface area (Å²) in [5, 5.41) is 11.8. The van der Waals surface area contributed by atoms with Gasteiger partial charge in [-0.3, -0.25) is 14.0 Å². The normalized spacial score (nSPS) is 20.8. The molecule has 8 nitrogen and oxygen atoms in total. The molecular weight excluding hydrogens is 322 g/mol. The zero-order valence-electron chi connectivity index (χ0n) is 12.6. The first-order valence-electron chi connectivity index (χ1n) is 6.97. The lowest BCUT2D eigenvalue weighted by molar-refractivity contribution is -0.144. The Morgan fingerprint density at radius 1 is 1.48 bits per heavy atom. The van der Waals surface area contributed by atoms with Crippen LogP contribution in [0.5, 0.6) is 0 Å². The van der Waals surface area contributed by atoms with E-state index < -0.39 is 23.0 Å². The van der Waals surface area contributed by atoms with Crippen LogP contribution in [0.25, 0.3) is 4.96 Å². The number of ether oxygens (including phenoxy) is 1. The molecule has 0 spiro atoms. The van der Waals surface area contributed by atoms with E-state index in [0.29, 0.717) is 10.7 Å². The molecule has 2 aromatic heterocycles. The Morgan fingerprint density at radius 3 is 2.83 bits per heavy atom. The predicted octanol–water partition coefficient (Wildman–Crippen LogP) is 0.346. The fourth-order valence-corrected chi connectivity index (χ4v) is 3.43. The molecular formula is C14H15N3O5S. The molecule has 0 bridgehead atoms. The zero-order valence-corrected chi connectivity index (χ0v) is 13.4. The molecule has 1 amide bonds. The molecule has 2 aromatic rings. The first-order chi connectivity index (χ1) is 10.9. The van der Waals surface area contributed by atoms with E-state index >= 15 is 0 Å². The summed E-state index contributed by atoms with van der Waals surface area (Å²) in [5.74, 6) is -1.94. The lowest BCUT2D eigenvalue weighted by Gasteiger charge is -2.23. The fraction of sp³-hybridized carbons (Fsp3) is 0.429. The van der Waals surface area contributed by atoms with Crippen molar-refractivity contribution in [2.75, 3.05) is 13.2 Å². The zero-order chi connectivity index (χ0) is 16.8. The summed E-state index contributed by atoms with van der Waals surface area (Å²) in [4.78, 5) is 42.0. The highest BCUT2D eigenvalue weighted by Gasteiger charge is 2.44. The van der Waals surface area contributed by atoms with Crippen LogP contribution in [-0.2, 0) is 9.53 Å². The minimum atomic E-state index is -1.50. The molecule has 3 rings (SSSR count). The summed E-state index contributed by atoms with van der Waals surface area (Å²) in [6.07, 6.45) is 1.34. The van der Waals surface area contributed by atoms with Crippen LogP contribution in [0.15, 0.2) is 11.0 Å². The number of carboxylic acids is 1. The average molecular weight is 337 g/mol. The summed E-state index contributed by atoms with van der Waals surface area (Å²) in [7, 11) is 0. The van der Waals surface area contributed by atoms with Gasteiger partial charge in [0.05, 0.1) is 6.61 Å². The maximum atomic E-state index is 12.5. The maximum absolute atomic E-state index is 12.5. The van der Waals surface area contributed by atoms with Crippen LogP contribution in [0.4, 0.5) is 0 Å². The van der Waals surface area contributed by atoms with Gasteiger partial charge in [0.25, 0.3) is 11.5 Å². The quantitative estimate of drug-likeness (QED) is 0.836. The molecule has 0 saturated carbocycles. The van der Waals surface area contributed by atoms with Crippen molar-refractivity contribution in [2.45, 2.75) is 25.8 Å². The molecule has 23 heavy (non-hydrogen) atoms. The van der Waals surface area contributed by atoms with Gasteiger partial charge in [-0.2, -0.15) is 0 Å². The number of aromatic nitrogens is 2. The SMILES string of the molecule is Cc1sc2ncc(C(=O)NC3(C(=O)O)CCOC3)c(=O)n2c1C. The van der Waals surface area contributed by atoms with Gasteiger partial charge in [0.15, 0.2) is 10.5 Å². The van der Waals surface area contributed by atoms with Crippen LogP contribution in [0.1, 0.15) is 27.3 Å². The number of hydrogen-bond acceptors (Lipinski definition) is 6. The van der Waals surface area contributed by atoms with Crippen molar-refractivity contribution in [1.29, 1.82) is 0 Å². The summed E-state index contributed by atoms with van der Waals surface area (Å²) in [5.41, 5.74) is -1.47. The number of carbonyl (C=O) groups excluding carboxylic acids is 1. The standard InChI is InChI=1S/C14H15N3O5S/c1-7-8(2)23-13-15-5-9(11(19)17(7)13)10(18)16-14(12(20)21)3-4-22-6-14/h5H,3-4,6H2,1-2H3,(H,16,18)(H,20,21). The van der Waals surface area contributed by atoms with Gasteiger partial charge in [-0.1, -0.05) is 0 Å². The number of amides is 1. The molecule has 1 aliphatic rings. The topological polar surface area (TPSA) is 110 Å². The monoisotopic (exact) mass is 337 g/mol. The molecule has 3 heterocycles. The number of nitrogens with zero attached hydrogens (tertiary/aromatic N) is 2. The summed E-state index contributed by atoms with van der Waals surface area (Å²) >= 11 is 1.36. The number of thiazole rings is 1. The van der Waals surface area contributed by atoms with Crippen molar-refractivity contribution >= 4 is 28.2 Å². The van der Waals surface area contributed by atoms with E-state index in [1.165, 1.54) is 21.9 Å². The van der Waals surface area contributed by atoms with Gasteiger partial charge < -0.3 is 15.2 Å². The van der Waals surface area contributed by atoms with Crippen molar-refractivity contribution in [3.63, 3.8) is 0 Å². The van der Waals surface area contributed by atoms with Crippen molar-refractivity contribution in [1.82, 2.24) is 14.7 Å². The summed E-state index contributed by atoms with van der Waals surface area (Å²) in [6, 6.07) is 0. The van der Waals surface area contributed by atoms with Gasteiger partial charge in [0.1, 0.15) is 5.56 Å². The minimum absolute atomic E-state index is 0.123. The highest BCUT2D eigenvalue weighted by molar-refractivity contribution is 7.17. The third-order valence-corrected chi connectivity index (χ3v) is 5.12. The molecule has 9 heteroatoms. The number of carbonyl (C=O) groups is 2. The van der Waals surface area contributed by atoms with E-state index in [4.69, 9.17) is 4.74 Å². The Morgan fingerprint density at radius 2 is 2.22 bits per heavy atom. The molecule has 0 aromatic carbocycles. The number of aryl methyl sites for hydroxylation is 2. The molecule has 1 fully saturated rings. The van der Waals surface area contributed by atoms with Crippen LogP contribution in [0, 0.1) is 13.8 Å². The highest BCUT2D eigenvalue weighted by atomic mass is 32.1. The van der Waals surface area contributed by atoms with Crippen LogP contribution in [-0.4, -0.2) is 45.1 Å². The Balaban J connectivity index is 2.01. The van der Waals surface area contributed by atoms with Gasteiger partial charge >= 0.3 is 5.97 Å². The van der Waals surface area contributed by atoms with E-state index in [1.807, 2.05) is 6.92 Å². The van der Waals surface area contributed by atoms with Crippen molar-refractivity contribution in [2.24, 2.45) is 0 Å². The molecule has 1 atom stereocenters. The third-order valence-electron chi connectivity index (χ3n) is 4.05. The summed E-state index contributed by atoms with van der Waals surface area (Å²) in [6.45, 7) is 3.75. The molecule has 1 saturated heterocycles. The first-order valence-corrected chi connectivity index (χ1v) is 7.79. The van der Waals surface area contributed by atoms with Crippen LogP contribution >= 0.6 is 11.3 Å². The smallest absolute Gasteiger partial charge is 0.331 e. The van der Waals surface area contributed by atoms with Crippen LogP contribution < -0.4 is 10.9 Å². The number of fused-ring (bicyclic) bond motifs is 1. The lowest BCUT2D eigenvalue weighted by Crippen LogP contribution is -2.55. The Kier molecular flexibility index (Phi) is 3.69. The number of carboxylic acid groups (broad SMARTS) is 1. The molecule has 122 valence electrons. The largest absolute Gasteiger partial charge is 0.479 e. The molecule has 1 unspecified atom stereocenters. The van der Waals surface area contributed by atoms with Gasteiger partial charge in [-0.05, 0) is 13.8 Å². The fourth-order valence-electron chi connectivity index (χ4n) is 2.50.